The molecule has 3 aromatic heterocycles. The van der Waals surface area contributed by atoms with Crippen molar-refractivity contribution in [1.82, 2.24) is 13.7 Å². The lowest BCUT2D eigenvalue weighted by atomic mass is 9.97. The Kier molecular flexibility index (Phi) is 6.61. The molecule has 0 saturated carbocycles. The fraction of sp³-hybridized carbons (Fsp3) is 0. The van der Waals surface area contributed by atoms with Crippen molar-refractivity contribution < 1.29 is 0 Å². The van der Waals surface area contributed by atoms with Gasteiger partial charge in [0.2, 0.25) is 0 Å². The topological polar surface area (TPSA) is 42.9 Å². The molecule has 0 bridgehead atoms. The molecule has 55 heavy (non-hydrogen) atoms. The van der Waals surface area contributed by atoms with Gasteiger partial charge in [-0.2, -0.15) is 5.26 Å². The van der Waals surface area contributed by atoms with E-state index >= 15 is 0 Å². The fourth-order valence-corrected chi connectivity index (χ4v) is 8.81. The van der Waals surface area contributed by atoms with Crippen LogP contribution in [-0.2, 0) is 0 Å². The molecular weight excluding hydrogens is 671 g/mol. The zero-order valence-corrected chi connectivity index (χ0v) is 29.5. The number of aromatic nitrogens is 3. The summed E-state index contributed by atoms with van der Waals surface area (Å²) in [6.07, 6.45) is 0. The van der Waals surface area contributed by atoms with Crippen LogP contribution in [0.25, 0.3) is 98.5 Å². The molecule has 254 valence electrons. The van der Waals surface area contributed by atoms with Gasteiger partial charge >= 0.3 is 0 Å². The molecule has 0 aliphatic heterocycles. The van der Waals surface area contributed by atoms with E-state index in [1.807, 2.05) is 36.4 Å². The first-order valence-corrected chi connectivity index (χ1v) is 18.3. The van der Waals surface area contributed by atoms with Crippen LogP contribution in [0.3, 0.4) is 0 Å². The van der Waals surface area contributed by atoms with Crippen LogP contribution in [0.5, 0.6) is 0 Å². The number of hydrogen-bond acceptors (Lipinski definition) is 1. The highest BCUT2D eigenvalue weighted by molar-refractivity contribution is 6.15. The monoisotopic (exact) mass is 699 g/mol. The van der Waals surface area contributed by atoms with Crippen molar-refractivity contribution in [3.63, 3.8) is 0 Å². The first kappa shape index (κ1) is 30.7. The van der Waals surface area contributed by atoms with Crippen molar-refractivity contribution in [2.75, 3.05) is 0 Å². The molecule has 0 fully saturated rings. The molecule has 11 rings (SSSR count). The zero-order valence-electron chi connectivity index (χ0n) is 29.5. The van der Waals surface area contributed by atoms with Gasteiger partial charge in [-0.15, -0.1) is 0 Å². The second-order valence-electron chi connectivity index (χ2n) is 13.9. The Morgan fingerprint density at radius 2 is 0.945 bits per heavy atom. The van der Waals surface area contributed by atoms with E-state index in [-0.39, 0.29) is 0 Å². The van der Waals surface area contributed by atoms with Crippen LogP contribution in [-0.4, -0.2) is 13.7 Å². The maximum absolute atomic E-state index is 10.6. The molecule has 0 aliphatic carbocycles. The fourth-order valence-electron chi connectivity index (χ4n) is 8.81. The Bertz CT molecular complexity index is 3420. The van der Waals surface area contributed by atoms with E-state index < -0.39 is 0 Å². The highest BCUT2D eigenvalue weighted by atomic mass is 15.1. The first-order chi connectivity index (χ1) is 27.2. The van der Waals surface area contributed by atoms with E-state index in [4.69, 9.17) is 6.57 Å². The second-order valence-corrected chi connectivity index (χ2v) is 13.9. The van der Waals surface area contributed by atoms with Gasteiger partial charge in [0.25, 0.3) is 0 Å². The van der Waals surface area contributed by atoms with Gasteiger partial charge in [0.15, 0.2) is 5.69 Å². The number of hydrogen-bond donors (Lipinski definition) is 0. The molecule has 0 saturated heterocycles. The summed E-state index contributed by atoms with van der Waals surface area (Å²) in [5, 5.41) is 17.6. The summed E-state index contributed by atoms with van der Waals surface area (Å²) in [6.45, 7) is 7.75. The number of nitriles is 1. The lowest BCUT2D eigenvalue weighted by molar-refractivity contribution is 1.13. The van der Waals surface area contributed by atoms with Crippen molar-refractivity contribution in [2.24, 2.45) is 0 Å². The van der Waals surface area contributed by atoms with Crippen LogP contribution in [0.15, 0.2) is 176 Å². The maximum atomic E-state index is 10.6. The highest BCUT2D eigenvalue weighted by Gasteiger charge is 2.22. The van der Waals surface area contributed by atoms with Crippen molar-refractivity contribution in [3.05, 3.63) is 193 Å². The normalized spacial score (nSPS) is 11.6. The third-order valence-electron chi connectivity index (χ3n) is 11.1. The summed E-state index contributed by atoms with van der Waals surface area (Å²) < 4.78 is 6.99. The Morgan fingerprint density at radius 3 is 1.60 bits per heavy atom. The number of fused-ring (bicyclic) bond motifs is 9. The van der Waals surface area contributed by atoms with E-state index in [0.717, 1.165) is 82.8 Å². The van der Waals surface area contributed by atoms with E-state index in [9.17, 15) is 5.26 Å². The molecule has 11 aromatic rings. The zero-order chi connectivity index (χ0) is 36.6. The number of nitrogens with zero attached hydrogens (tertiary/aromatic N) is 5. The summed E-state index contributed by atoms with van der Waals surface area (Å²) in [5.41, 5.74) is 12.4. The lowest BCUT2D eigenvalue weighted by Crippen LogP contribution is -2.03. The molecule has 5 nitrogen and oxygen atoms in total. The third kappa shape index (κ3) is 4.39. The Hall–Kier alpha value is -7.86. The largest absolute Gasteiger partial charge is 0.310 e. The molecule has 0 spiro atoms. The van der Waals surface area contributed by atoms with Crippen LogP contribution >= 0.6 is 0 Å². The molecular formula is C50H29N5. The molecule has 3 heterocycles. The Balaban J connectivity index is 1.22. The molecule has 5 heteroatoms. The molecule has 8 aromatic carbocycles. The van der Waals surface area contributed by atoms with Crippen LogP contribution in [0.2, 0.25) is 0 Å². The predicted molar refractivity (Wildman–Crippen MR) is 226 cm³/mol. The van der Waals surface area contributed by atoms with Gasteiger partial charge in [-0.1, -0.05) is 115 Å². The summed E-state index contributed by atoms with van der Waals surface area (Å²) >= 11 is 0. The molecule has 0 unspecified atom stereocenters. The van der Waals surface area contributed by atoms with Crippen molar-refractivity contribution in [2.45, 2.75) is 0 Å². The Labute approximate surface area is 316 Å². The molecule has 0 atom stereocenters. The molecule has 0 aliphatic rings. The van der Waals surface area contributed by atoms with Crippen LogP contribution in [0.4, 0.5) is 5.69 Å². The molecule has 0 N–H and O–H groups in total. The van der Waals surface area contributed by atoms with Gasteiger partial charge in [0.1, 0.15) is 0 Å². The summed E-state index contributed by atoms with van der Waals surface area (Å²) in [7, 11) is 0. The quantitative estimate of drug-likeness (QED) is 0.169. The average Bonchev–Trinajstić information content (AvgIpc) is 3.89. The number of para-hydroxylation sites is 6. The van der Waals surface area contributed by atoms with Gasteiger partial charge < -0.3 is 13.7 Å². The van der Waals surface area contributed by atoms with E-state index in [2.05, 4.69) is 164 Å². The van der Waals surface area contributed by atoms with Gasteiger partial charge in [-0.3, -0.25) is 0 Å². The minimum absolute atomic E-state index is 0.584. The SMILES string of the molecule is [C-]#[N+]c1ccc2c3ccccc3n(-c3ccc(C#N)c(-c4ccccc4-n4c5ccccc5c5cccc(-n6c7ccccc7c7ccccc76)c54)c3)c2c1. The third-order valence-corrected chi connectivity index (χ3v) is 11.1. The average molecular weight is 700 g/mol. The summed E-state index contributed by atoms with van der Waals surface area (Å²) in [6, 6.07) is 63.7. The summed E-state index contributed by atoms with van der Waals surface area (Å²) in [5.74, 6) is 0. The minimum Gasteiger partial charge on any atom is -0.310 e. The van der Waals surface area contributed by atoms with Crippen molar-refractivity contribution >= 4 is 71.1 Å². The second kappa shape index (κ2) is 11.8. The highest BCUT2D eigenvalue weighted by Crippen LogP contribution is 2.43. The maximum Gasteiger partial charge on any atom is 0.189 e. The van der Waals surface area contributed by atoms with Crippen LogP contribution in [0.1, 0.15) is 5.56 Å². The van der Waals surface area contributed by atoms with Gasteiger partial charge in [-0.25, -0.2) is 4.85 Å². The van der Waals surface area contributed by atoms with E-state index in [0.29, 0.717) is 11.3 Å². The summed E-state index contributed by atoms with van der Waals surface area (Å²) in [4.78, 5) is 3.76. The van der Waals surface area contributed by atoms with Crippen molar-refractivity contribution in [3.8, 4) is 34.3 Å². The van der Waals surface area contributed by atoms with E-state index in [1.165, 1.54) is 10.8 Å². The molecule has 0 amide bonds. The lowest BCUT2D eigenvalue weighted by Gasteiger charge is -2.18. The van der Waals surface area contributed by atoms with Gasteiger partial charge in [0.05, 0.1) is 57.2 Å². The van der Waals surface area contributed by atoms with Crippen LogP contribution < -0.4 is 0 Å². The number of benzene rings is 8. The Morgan fingerprint density at radius 1 is 0.418 bits per heavy atom. The van der Waals surface area contributed by atoms with Gasteiger partial charge in [-0.05, 0) is 60.7 Å². The predicted octanol–water partition coefficient (Wildman–Crippen LogP) is 13.1. The van der Waals surface area contributed by atoms with Crippen molar-refractivity contribution in [1.29, 1.82) is 5.26 Å². The first-order valence-electron chi connectivity index (χ1n) is 18.3. The standard InChI is InChI=1S/C50H29N5/c1-52-33-26-28-40-37-15-2-7-19-43(37)53(49(40)29-33)34-27-25-32(31-51)42(30-34)39-17-6-11-23-47(39)55-46-22-10-5-16-38(46)41-18-12-24-48(50(41)55)54-44-20-8-3-13-35(44)36-14-4-9-21-45(36)54/h2-30H. The minimum atomic E-state index is 0.584. The van der Waals surface area contributed by atoms with Gasteiger partial charge in [0, 0.05) is 54.6 Å². The smallest absolute Gasteiger partial charge is 0.189 e. The number of rotatable bonds is 4. The van der Waals surface area contributed by atoms with Crippen LogP contribution in [0, 0.1) is 17.9 Å². The van der Waals surface area contributed by atoms with E-state index in [1.54, 1.807) is 0 Å². The molecule has 0 radical (unpaired) electrons.